The Morgan fingerprint density at radius 2 is 1.33 bits per heavy atom. The Hall–Kier alpha value is -0.240. The first-order valence-corrected chi connectivity index (χ1v) is 9.35. The van der Waals surface area contributed by atoms with Crippen molar-refractivity contribution in [1.29, 1.82) is 0 Å². The zero-order chi connectivity index (χ0) is 15.8. The summed E-state index contributed by atoms with van der Waals surface area (Å²) in [6, 6.07) is 0. The number of methoxy groups -OCH3 is 1. The third kappa shape index (κ3) is 16.0. The molecule has 0 radical (unpaired) electrons. The standard InChI is InChI=1S/C18H35ClO2/c1-3-4-5-6-7-8-9-10-11-12-13-14-17(19)15-16-18(20)21-2/h17H,3-16H2,1-2H3. The lowest BCUT2D eigenvalue weighted by molar-refractivity contribution is -0.140. The van der Waals surface area contributed by atoms with Crippen LogP contribution in [0.15, 0.2) is 0 Å². The van der Waals surface area contributed by atoms with E-state index >= 15 is 0 Å². The van der Waals surface area contributed by atoms with Gasteiger partial charge in [-0.3, -0.25) is 4.79 Å². The number of carbonyl (C=O) groups is 1. The highest BCUT2D eigenvalue weighted by molar-refractivity contribution is 6.20. The molecule has 0 aromatic rings. The predicted octanol–water partition coefficient (Wildman–Crippen LogP) is 6.25. The first-order valence-electron chi connectivity index (χ1n) is 8.91. The van der Waals surface area contributed by atoms with Gasteiger partial charge in [0, 0.05) is 11.8 Å². The summed E-state index contributed by atoms with van der Waals surface area (Å²) in [5.41, 5.74) is 0. The van der Waals surface area contributed by atoms with E-state index in [4.69, 9.17) is 11.6 Å². The van der Waals surface area contributed by atoms with Crippen LogP contribution in [0.3, 0.4) is 0 Å². The Morgan fingerprint density at radius 1 is 0.857 bits per heavy atom. The molecule has 0 aliphatic carbocycles. The maximum Gasteiger partial charge on any atom is 0.305 e. The summed E-state index contributed by atoms with van der Waals surface area (Å²) in [5, 5.41) is 0.127. The fourth-order valence-corrected chi connectivity index (χ4v) is 2.81. The SMILES string of the molecule is CCCCCCCCCCCCCC(Cl)CCC(=O)OC. The van der Waals surface area contributed by atoms with E-state index in [0.717, 1.165) is 12.8 Å². The van der Waals surface area contributed by atoms with Crippen LogP contribution >= 0.6 is 11.6 Å². The zero-order valence-electron chi connectivity index (χ0n) is 14.2. The molecular weight excluding hydrogens is 284 g/mol. The van der Waals surface area contributed by atoms with Gasteiger partial charge in [-0.2, -0.15) is 0 Å². The van der Waals surface area contributed by atoms with E-state index < -0.39 is 0 Å². The van der Waals surface area contributed by atoms with Gasteiger partial charge in [-0.1, -0.05) is 77.6 Å². The number of hydrogen-bond acceptors (Lipinski definition) is 2. The van der Waals surface area contributed by atoms with Crippen LogP contribution in [0.5, 0.6) is 0 Å². The number of ether oxygens (including phenoxy) is 1. The molecule has 0 aliphatic heterocycles. The third-order valence-electron chi connectivity index (χ3n) is 4.01. The van der Waals surface area contributed by atoms with Crippen LogP contribution in [0.25, 0.3) is 0 Å². The second-order valence-corrected chi connectivity index (χ2v) is 6.65. The van der Waals surface area contributed by atoms with Gasteiger partial charge in [-0.05, 0) is 12.8 Å². The second kappa shape index (κ2) is 16.1. The van der Waals surface area contributed by atoms with Crippen LogP contribution < -0.4 is 0 Å². The average molecular weight is 319 g/mol. The second-order valence-electron chi connectivity index (χ2n) is 6.04. The van der Waals surface area contributed by atoms with Crippen molar-refractivity contribution in [1.82, 2.24) is 0 Å². The molecule has 0 saturated carbocycles. The number of unbranched alkanes of at least 4 members (excludes halogenated alkanes) is 10. The number of esters is 1. The third-order valence-corrected chi connectivity index (χ3v) is 4.45. The van der Waals surface area contributed by atoms with Gasteiger partial charge in [0.1, 0.15) is 0 Å². The lowest BCUT2D eigenvalue weighted by Crippen LogP contribution is -2.05. The number of carbonyl (C=O) groups excluding carboxylic acids is 1. The number of hydrogen-bond donors (Lipinski definition) is 0. The molecule has 2 nitrogen and oxygen atoms in total. The molecule has 0 rings (SSSR count). The first-order chi connectivity index (χ1) is 10.2. The van der Waals surface area contributed by atoms with Crippen molar-refractivity contribution in [2.45, 2.75) is 102 Å². The van der Waals surface area contributed by atoms with Crippen molar-refractivity contribution < 1.29 is 9.53 Å². The Kier molecular flexibility index (Phi) is 16.0. The highest BCUT2D eigenvalue weighted by Crippen LogP contribution is 2.16. The molecule has 0 heterocycles. The molecule has 1 atom stereocenters. The summed E-state index contributed by atoms with van der Waals surface area (Å²) in [6.45, 7) is 2.26. The molecule has 1 unspecified atom stereocenters. The molecule has 0 amide bonds. The minimum Gasteiger partial charge on any atom is -0.469 e. The zero-order valence-corrected chi connectivity index (χ0v) is 14.9. The topological polar surface area (TPSA) is 26.3 Å². The van der Waals surface area contributed by atoms with Crippen LogP contribution in [-0.4, -0.2) is 18.5 Å². The molecule has 21 heavy (non-hydrogen) atoms. The van der Waals surface area contributed by atoms with Gasteiger partial charge in [0.15, 0.2) is 0 Å². The van der Waals surface area contributed by atoms with E-state index in [1.54, 1.807) is 0 Å². The fourth-order valence-electron chi connectivity index (χ4n) is 2.55. The number of halogens is 1. The maximum absolute atomic E-state index is 11.0. The summed E-state index contributed by atoms with van der Waals surface area (Å²) in [7, 11) is 1.43. The molecule has 0 spiro atoms. The highest BCUT2D eigenvalue weighted by Gasteiger charge is 2.08. The minimum absolute atomic E-state index is 0.127. The molecule has 0 aromatic carbocycles. The molecule has 0 aromatic heterocycles. The molecular formula is C18H35ClO2. The molecule has 3 heteroatoms. The van der Waals surface area contributed by atoms with Crippen molar-refractivity contribution in [3.05, 3.63) is 0 Å². The van der Waals surface area contributed by atoms with E-state index in [1.807, 2.05) is 0 Å². The lowest BCUT2D eigenvalue weighted by atomic mass is 10.0. The van der Waals surface area contributed by atoms with Crippen molar-refractivity contribution in [2.24, 2.45) is 0 Å². The largest absolute Gasteiger partial charge is 0.469 e. The summed E-state index contributed by atoms with van der Waals surface area (Å²) < 4.78 is 4.61. The Bertz CT molecular complexity index is 231. The summed E-state index contributed by atoms with van der Waals surface area (Å²) in [5.74, 6) is -0.153. The first kappa shape index (κ1) is 20.8. The maximum atomic E-state index is 11.0. The Balaban J connectivity index is 3.16. The van der Waals surface area contributed by atoms with E-state index in [1.165, 1.54) is 77.7 Å². The fraction of sp³-hybridized carbons (Fsp3) is 0.944. The van der Waals surface area contributed by atoms with Crippen molar-refractivity contribution in [3.8, 4) is 0 Å². The van der Waals surface area contributed by atoms with Gasteiger partial charge in [0.25, 0.3) is 0 Å². The molecule has 0 bridgehead atoms. The van der Waals surface area contributed by atoms with Gasteiger partial charge in [-0.15, -0.1) is 11.6 Å². The Labute approximate surface area is 137 Å². The molecule has 0 N–H and O–H groups in total. The van der Waals surface area contributed by atoms with Gasteiger partial charge in [0.05, 0.1) is 7.11 Å². The van der Waals surface area contributed by atoms with Gasteiger partial charge < -0.3 is 4.74 Å². The van der Waals surface area contributed by atoms with E-state index in [9.17, 15) is 4.79 Å². The molecule has 126 valence electrons. The number of rotatable bonds is 15. The van der Waals surface area contributed by atoms with Crippen LogP contribution in [0.2, 0.25) is 0 Å². The van der Waals surface area contributed by atoms with Crippen LogP contribution in [0.4, 0.5) is 0 Å². The minimum atomic E-state index is -0.153. The van der Waals surface area contributed by atoms with Crippen molar-refractivity contribution in [3.63, 3.8) is 0 Å². The molecule has 0 fully saturated rings. The number of alkyl halides is 1. The predicted molar refractivity (Wildman–Crippen MR) is 92.0 cm³/mol. The summed E-state index contributed by atoms with van der Waals surface area (Å²) in [6.07, 6.45) is 17.1. The Morgan fingerprint density at radius 3 is 1.81 bits per heavy atom. The van der Waals surface area contributed by atoms with Gasteiger partial charge in [-0.25, -0.2) is 0 Å². The highest BCUT2D eigenvalue weighted by atomic mass is 35.5. The van der Waals surface area contributed by atoms with Crippen LogP contribution in [-0.2, 0) is 9.53 Å². The average Bonchev–Trinajstić information content (AvgIpc) is 2.50. The summed E-state index contributed by atoms with van der Waals surface area (Å²) in [4.78, 5) is 11.0. The molecule has 0 saturated heterocycles. The van der Waals surface area contributed by atoms with E-state index in [-0.39, 0.29) is 11.3 Å². The van der Waals surface area contributed by atoms with Crippen molar-refractivity contribution in [2.75, 3.05) is 7.11 Å². The van der Waals surface area contributed by atoms with E-state index in [2.05, 4.69) is 11.7 Å². The van der Waals surface area contributed by atoms with Gasteiger partial charge in [0.2, 0.25) is 0 Å². The smallest absolute Gasteiger partial charge is 0.305 e. The summed E-state index contributed by atoms with van der Waals surface area (Å²) >= 11 is 6.20. The normalized spacial score (nSPS) is 12.3. The molecule has 0 aliphatic rings. The lowest BCUT2D eigenvalue weighted by Gasteiger charge is -2.08. The monoisotopic (exact) mass is 318 g/mol. The van der Waals surface area contributed by atoms with Crippen LogP contribution in [0.1, 0.15) is 96.8 Å². The quantitative estimate of drug-likeness (QED) is 0.203. The van der Waals surface area contributed by atoms with E-state index in [0.29, 0.717) is 6.42 Å². The van der Waals surface area contributed by atoms with Gasteiger partial charge >= 0.3 is 5.97 Å². The van der Waals surface area contributed by atoms with Crippen LogP contribution in [0, 0.1) is 0 Å². The van der Waals surface area contributed by atoms with Crippen molar-refractivity contribution >= 4 is 17.6 Å².